The third-order valence-corrected chi connectivity index (χ3v) is 7.93. The molecule has 2 aromatic carbocycles. The second kappa shape index (κ2) is 8.26. The highest BCUT2D eigenvalue weighted by Crippen LogP contribution is 2.37. The van der Waals surface area contributed by atoms with Crippen molar-refractivity contribution in [1.82, 2.24) is 4.98 Å². The predicted octanol–water partition coefficient (Wildman–Crippen LogP) is 4.75. The Kier molecular flexibility index (Phi) is 5.72. The molecule has 29 heavy (non-hydrogen) atoms. The first-order chi connectivity index (χ1) is 13.9. The maximum absolute atomic E-state index is 12.3. The minimum Gasteiger partial charge on any atom is -0.302 e. The van der Waals surface area contributed by atoms with Gasteiger partial charge in [-0.1, -0.05) is 35.9 Å². The fraction of sp³-hybridized carbons (Fsp3) is 0.238. The summed E-state index contributed by atoms with van der Waals surface area (Å²) in [6, 6.07) is 14.2. The van der Waals surface area contributed by atoms with E-state index >= 15 is 0 Å². The van der Waals surface area contributed by atoms with Crippen molar-refractivity contribution in [1.29, 1.82) is 0 Å². The van der Waals surface area contributed by atoms with Gasteiger partial charge in [-0.25, -0.2) is 13.4 Å². The highest BCUT2D eigenvalue weighted by molar-refractivity contribution is 7.91. The fourth-order valence-corrected chi connectivity index (χ4v) is 5.80. The molecule has 0 saturated carbocycles. The molecular weight excluding hydrogens is 428 g/mol. The van der Waals surface area contributed by atoms with E-state index < -0.39 is 9.84 Å². The van der Waals surface area contributed by atoms with E-state index in [1.54, 1.807) is 12.1 Å². The SMILES string of the molecule is O=C(CCCS(=O)(=O)c1ccc(Cl)cc1)Nc1nc2c(s1)CCc1ccccc1-2. The van der Waals surface area contributed by atoms with Gasteiger partial charge in [0.2, 0.25) is 5.91 Å². The van der Waals surface area contributed by atoms with Crippen LogP contribution in [-0.2, 0) is 27.5 Å². The van der Waals surface area contributed by atoms with Crippen LogP contribution < -0.4 is 5.32 Å². The molecule has 0 fully saturated rings. The summed E-state index contributed by atoms with van der Waals surface area (Å²) < 4.78 is 24.7. The number of carbonyl (C=O) groups excluding carboxylic acids is 1. The van der Waals surface area contributed by atoms with Crippen LogP contribution in [0, 0.1) is 0 Å². The minimum atomic E-state index is -3.43. The Labute approximate surface area is 178 Å². The highest BCUT2D eigenvalue weighted by Gasteiger charge is 2.21. The van der Waals surface area contributed by atoms with Crippen LogP contribution in [0.2, 0.25) is 5.02 Å². The Morgan fingerprint density at radius 1 is 1.10 bits per heavy atom. The molecule has 0 bridgehead atoms. The molecule has 3 aromatic rings. The first-order valence-corrected chi connectivity index (χ1v) is 12.1. The van der Waals surface area contributed by atoms with Gasteiger partial charge in [0.05, 0.1) is 16.3 Å². The van der Waals surface area contributed by atoms with E-state index in [1.807, 2.05) is 12.1 Å². The Balaban J connectivity index is 1.35. The van der Waals surface area contributed by atoms with Crippen LogP contribution in [-0.4, -0.2) is 25.1 Å². The van der Waals surface area contributed by atoms with Gasteiger partial charge in [-0.2, -0.15) is 0 Å². The van der Waals surface area contributed by atoms with Crippen molar-refractivity contribution >= 4 is 43.8 Å². The highest BCUT2D eigenvalue weighted by atomic mass is 35.5. The van der Waals surface area contributed by atoms with Crippen LogP contribution in [0.1, 0.15) is 23.3 Å². The molecule has 4 rings (SSSR count). The number of hydrogen-bond donors (Lipinski definition) is 1. The molecule has 1 amide bonds. The van der Waals surface area contributed by atoms with E-state index in [1.165, 1.54) is 33.9 Å². The molecule has 5 nitrogen and oxygen atoms in total. The average molecular weight is 447 g/mol. The molecule has 0 atom stereocenters. The number of aromatic nitrogens is 1. The minimum absolute atomic E-state index is 0.0935. The van der Waals surface area contributed by atoms with Gasteiger partial charge in [0.25, 0.3) is 0 Å². The number of carbonyl (C=O) groups is 1. The van der Waals surface area contributed by atoms with Crippen LogP contribution in [0.5, 0.6) is 0 Å². The number of halogens is 1. The van der Waals surface area contributed by atoms with Crippen molar-refractivity contribution in [2.24, 2.45) is 0 Å². The average Bonchev–Trinajstić information content (AvgIpc) is 3.11. The number of aryl methyl sites for hydroxylation is 2. The number of amides is 1. The maximum atomic E-state index is 12.3. The molecule has 0 unspecified atom stereocenters. The maximum Gasteiger partial charge on any atom is 0.226 e. The summed E-state index contributed by atoms with van der Waals surface area (Å²) >= 11 is 7.29. The smallest absolute Gasteiger partial charge is 0.226 e. The Morgan fingerprint density at radius 3 is 2.66 bits per heavy atom. The number of hydrogen-bond acceptors (Lipinski definition) is 5. The molecule has 150 valence electrons. The second-order valence-corrected chi connectivity index (χ2v) is 10.5. The second-order valence-electron chi connectivity index (χ2n) is 6.87. The van der Waals surface area contributed by atoms with Crippen LogP contribution in [0.4, 0.5) is 5.13 Å². The fourth-order valence-electron chi connectivity index (χ4n) is 3.37. The molecule has 1 aliphatic rings. The molecule has 0 aliphatic heterocycles. The van der Waals surface area contributed by atoms with Crippen molar-refractivity contribution in [3.05, 3.63) is 64.0 Å². The van der Waals surface area contributed by atoms with E-state index in [0.29, 0.717) is 10.2 Å². The largest absolute Gasteiger partial charge is 0.302 e. The van der Waals surface area contributed by atoms with Crippen LogP contribution in [0.3, 0.4) is 0 Å². The summed E-state index contributed by atoms with van der Waals surface area (Å²) in [6.45, 7) is 0. The summed E-state index contributed by atoms with van der Waals surface area (Å²) in [5.41, 5.74) is 3.34. The molecule has 0 spiro atoms. The lowest BCUT2D eigenvalue weighted by atomic mass is 9.94. The van der Waals surface area contributed by atoms with Crippen molar-refractivity contribution in [2.45, 2.75) is 30.6 Å². The molecule has 1 aliphatic carbocycles. The number of nitrogens with one attached hydrogen (secondary N) is 1. The summed E-state index contributed by atoms with van der Waals surface area (Å²) in [4.78, 5) is 18.3. The standard InChI is InChI=1S/C21H19ClN2O3S2/c22-15-8-10-16(11-9-15)29(26,27)13-3-6-19(25)23-21-24-20-17-5-2-1-4-14(17)7-12-18(20)28-21/h1-2,4-5,8-11H,3,6-7,12-13H2,(H,23,24,25). The Bertz CT molecular complexity index is 1150. The number of nitrogens with zero attached hydrogens (tertiary/aromatic N) is 1. The zero-order valence-corrected chi connectivity index (χ0v) is 17.9. The van der Waals surface area contributed by atoms with Crippen molar-refractivity contribution < 1.29 is 13.2 Å². The number of benzene rings is 2. The number of thiazole rings is 1. The monoisotopic (exact) mass is 446 g/mol. The van der Waals surface area contributed by atoms with Gasteiger partial charge in [0.1, 0.15) is 0 Å². The summed E-state index contributed by atoms with van der Waals surface area (Å²) in [5.74, 6) is -0.320. The molecule has 1 heterocycles. The Hall–Kier alpha value is -2.22. The third-order valence-electron chi connectivity index (χ3n) is 4.83. The third kappa shape index (κ3) is 4.52. The molecular formula is C21H19ClN2O3S2. The first-order valence-electron chi connectivity index (χ1n) is 9.28. The zero-order valence-electron chi connectivity index (χ0n) is 15.5. The predicted molar refractivity (Wildman–Crippen MR) is 116 cm³/mol. The van der Waals surface area contributed by atoms with Crippen LogP contribution in [0.15, 0.2) is 53.4 Å². The van der Waals surface area contributed by atoms with Gasteiger partial charge >= 0.3 is 0 Å². The molecule has 8 heteroatoms. The van der Waals surface area contributed by atoms with Crippen molar-refractivity contribution in [3.63, 3.8) is 0 Å². The first kappa shape index (κ1) is 20.1. The van der Waals surface area contributed by atoms with Gasteiger partial charge in [-0.15, -0.1) is 11.3 Å². The van der Waals surface area contributed by atoms with E-state index in [2.05, 4.69) is 22.4 Å². The Morgan fingerprint density at radius 2 is 1.86 bits per heavy atom. The van der Waals surface area contributed by atoms with Crippen molar-refractivity contribution in [2.75, 3.05) is 11.1 Å². The topological polar surface area (TPSA) is 76.1 Å². The zero-order chi connectivity index (χ0) is 20.4. The van der Waals surface area contributed by atoms with Crippen molar-refractivity contribution in [3.8, 4) is 11.3 Å². The van der Waals surface area contributed by atoms with E-state index in [0.717, 1.165) is 24.1 Å². The lowest BCUT2D eigenvalue weighted by molar-refractivity contribution is -0.116. The van der Waals surface area contributed by atoms with E-state index in [-0.39, 0.29) is 29.4 Å². The lowest BCUT2D eigenvalue weighted by Crippen LogP contribution is -2.14. The molecule has 0 radical (unpaired) electrons. The summed E-state index contributed by atoms with van der Waals surface area (Å²) in [6.07, 6.45) is 2.25. The number of sulfone groups is 1. The number of anilines is 1. The van der Waals surface area contributed by atoms with Crippen LogP contribution >= 0.6 is 22.9 Å². The van der Waals surface area contributed by atoms with Gasteiger partial charge < -0.3 is 5.32 Å². The van der Waals surface area contributed by atoms with Gasteiger partial charge in [0.15, 0.2) is 15.0 Å². The van der Waals surface area contributed by atoms with Gasteiger partial charge in [-0.3, -0.25) is 4.79 Å². The van der Waals surface area contributed by atoms with Crippen LogP contribution in [0.25, 0.3) is 11.3 Å². The van der Waals surface area contributed by atoms with Gasteiger partial charge in [-0.05, 0) is 49.1 Å². The normalized spacial score (nSPS) is 12.9. The molecule has 1 N–H and O–H groups in total. The molecule has 1 aromatic heterocycles. The lowest BCUT2D eigenvalue weighted by Gasteiger charge is -2.13. The van der Waals surface area contributed by atoms with Gasteiger partial charge in [0, 0.05) is 21.9 Å². The van der Waals surface area contributed by atoms with E-state index in [9.17, 15) is 13.2 Å². The van der Waals surface area contributed by atoms with E-state index in [4.69, 9.17) is 11.6 Å². The quantitative estimate of drug-likeness (QED) is 0.592. The number of rotatable bonds is 6. The summed E-state index contributed by atoms with van der Waals surface area (Å²) in [5, 5.41) is 3.87. The number of fused-ring (bicyclic) bond motifs is 3. The molecule has 0 saturated heterocycles. The summed E-state index contributed by atoms with van der Waals surface area (Å²) in [7, 11) is -3.43.